The molecule has 0 spiro atoms. The lowest BCUT2D eigenvalue weighted by atomic mass is 10.1. The Bertz CT molecular complexity index is 1300. The average molecular weight is 448 g/mol. The van der Waals surface area contributed by atoms with E-state index < -0.39 is 10.9 Å². The highest BCUT2D eigenvalue weighted by Gasteiger charge is 2.14. The second kappa shape index (κ2) is 10.0. The van der Waals surface area contributed by atoms with Crippen LogP contribution < -0.4 is 9.47 Å². The highest BCUT2D eigenvalue weighted by atomic mass is 16.6. The standard InChI is InChI=1S/C25H24N2O6/c28-25(29)13-14-26-21-8-2-1-7-19(21)20-12-11-18(17-23(20)26)32-15-5-6-16-33-24-10-4-3-9-22(24)27(30)31/h1-4,7-12,17H,5-6,13-16H2,(H,28,29). The van der Waals surface area contributed by atoms with E-state index in [-0.39, 0.29) is 17.9 Å². The number of para-hydroxylation sites is 3. The molecule has 0 atom stereocenters. The van der Waals surface area contributed by atoms with E-state index in [0.29, 0.717) is 31.9 Å². The fraction of sp³-hybridized carbons (Fsp3) is 0.240. The van der Waals surface area contributed by atoms with Gasteiger partial charge in [-0.25, -0.2) is 0 Å². The van der Waals surface area contributed by atoms with Crippen LogP contribution in [0, 0.1) is 10.1 Å². The van der Waals surface area contributed by atoms with Gasteiger partial charge in [0.2, 0.25) is 0 Å². The van der Waals surface area contributed by atoms with Gasteiger partial charge in [-0.3, -0.25) is 14.9 Å². The van der Waals surface area contributed by atoms with Crippen LogP contribution in [0.4, 0.5) is 5.69 Å². The number of nitro groups is 1. The molecule has 1 aromatic heterocycles. The fourth-order valence-corrected chi connectivity index (χ4v) is 3.87. The van der Waals surface area contributed by atoms with Gasteiger partial charge in [0.15, 0.2) is 5.75 Å². The van der Waals surface area contributed by atoms with Gasteiger partial charge in [-0.05, 0) is 37.1 Å². The highest BCUT2D eigenvalue weighted by Crippen LogP contribution is 2.32. The Balaban J connectivity index is 1.37. The molecule has 3 aromatic carbocycles. The number of benzene rings is 3. The Morgan fingerprint density at radius 3 is 2.39 bits per heavy atom. The molecule has 4 rings (SSSR count). The number of rotatable bonds is 11. The molecule has 0 radical (unpaired) electrons. The Labute approximate surface area is 190 Å². The van der Waals surface area contributed by atoms with Gasteiger partial charge in [0.05, 0.1) is 30.1 Å². The number of hydrogen-bond acceptors (Lipinski definition) is 5. The van der Waals surface area contributed by atoms with Gasteiger partial charge in [0.1, 0.15) is 5.75 Å². The summed E-state index contributed by atoms with van der Waals surface area (Å²) in [5, 5.41) is 22.3. The van der Waals surface area contributed by atoms with Gasteiger partial charge in [-0.15, -0.1) is 0 Å². The number of nitro benzene ring substituents is 1. The van der Waals surface area contributed by atoms with Gasteiger partial charge in [-0.2, -0.15) is 0 Å². The fourth-order valence-electron chi connectivity index (χ4n) is 3.87. The maximum Gasteiger partial charge on any atom is 0.310 e. The van der Waals surface area contributed by atoms with E-state index in [1.165, 1.54) is 6.07 Å². The number of ether oxygens (including phenoxy) is 2. The van der Waals surface area contributed by atoms with E-state index >= 15 is 0 Å². The summed E-state index contributed by atoms with van der Waals surface area (Å²) in [5.74, 6) is 0.140. The molecule has 0 aliphatic rings. The first-order valence-corrected chi connectivity index (χ1v) is 10.8. The third-order valence-corrected chi connectivity index (χ3v) is 5.42. The van der Waals surface area contributed by atoms with E-state index in [0.717, 1.165) is 28.2 Å². The Hall–Kier alpha value is -4.07. The van der Waals surface area contributed by atoms with Crippen LogP contribution in [-0.2, 0) is 11.3 Å². The molecule has 0 saturated heterocycles. The number of nitrogens with zero attached hydrogens (tertiary/aromatic N) is 2. The summed E-state index contributed by atoms with van der Waals surface area (Å²) in [5.41, 5.74) is 1.90. The second-order valence-electron chi connectivity index (χ2n) is 7.62. The third-order valence-electron chi connectivity index (χ3n) is 5.42. The van der Waals surface area contributed by atoms with Crippen LogP contribution >= 0.6 is 0 Å². The highest BCUT2D eigenvalue weighted by molar-refractivity contribution is 6.08. The summed E-state index contributed by atoms with van der Waals surface area (Å²) in [6, 6.07) is 20.1. The lowest BCUT2D eigenvalue weighted by molar-refractivity contribution is -0.385. The topological polar surface area (TPSA) is 104 Å². The number of carbonyl (C=O) groups is 1. The number of carboxylic acid groups (broad SMARTS) is 1. The average Bonchev–Trinajstić information content (AvgIpc) is 3.13. The van der Waals surface area contributed by atoms with Gasteiger partial charge >= 0.3 is 11.7 Å². The summed E-state index contributed by atoms with van der Waals surface area (Å²) in [6.07, 6.45) is 1.45. The maximum absolute atomic E-state index is 11.1. The van der Waals surface area contributed by atoms with Crippen molar-refractivity contribution in [3.05, 3.63) is 76.8 Å². The predicted molar refractivity (Wildman–Crippen MR) is 125 cm³/mol. The SMILES string of the molecule is O=C(O)CCn1c2ccccc2c2ccc(OCCCCOc3ccccc3[N+](=O)[O-])cc21. The number of unbranched alkanes of at least 4 members (excludes halogenated alkanes) is 1. The van der Waals surface area contributed by atoms with Crippen LogP contribution in [0.25, 0.3) is 21.8 Å². The number of aryl methyl sites for hydroxylation is 1. The predicted octanol–water partition coefficient (Wildman–Crippen LogP) is 5.42. The summed E-state index contributed by atoms with van der Waals surface area (Å²) in [6.45, 7) is 1.21. The molecule has 0 saturated carbocycles. The first kappa shape index (κ1) is 22.1. The summed E-state index contributed by atoms with van der Waals surface area (Å²) < 4.78 is 13.5. The molecule has 0 bridgehead atoms. The van der Waals surface area contributed by atoms with Crippen molar-refractivity contribution in [3.63, 3.8) is 0 Å². The van der Waals surface area contributed by atoms with Crippen LogP contribution in [0.1, 0.15) is 19.3 Å². The Kier molecular flexibility index (Phi) is 6.73. The van der Waals surface area contributed by atoms with Crippen molar-refractivity contribution in [1.82, 2.24) is 4.57 Å². The normalized spacial score (nSPS) is 11.0. The van der Waals surface area contributed by atoms with Crippen LogP contribution in [0.3, 0.4) is 0 Å². The molecule has 0 aliphatic carbocycles. The van der Waals surface area contributed by atoms with Crippen LogP contribution in [0.2, 0.25) is 0 Å². The number of aliphatic carboxylic acids is 1. The zero-order valence-electron chi connectivity index (χ0n) is 18.0. The van der Waals surface area contributed by atoms with E-state index in [1.54, 1.807) is 18.2 Å². The van der Waals surface area contributed by atoms with Crippen LogP contribution in [-0.4, -0.2) is 33.8 Å². The molecule has 1 heterocycles. The lowest BCUT2D eigenvalue weighted by Crippen LogP contribution is -2.05. The van der Waals surface area contributed by atoms with E-state index in [1.807, 2.05) is 47.0 Å². The summed E-state index contributed by atoms with van der Waals surface area (Å²) in [7, 11) is 0. The second-order valence-corrected chi connectivity index (χ2v) is 7.62. The largest absolute Gasteiger partial charge is 0.494 e. The van der Waals surface area contributed by atoms with E-state index in [4.69, 9.17) is 14.6 Å². The van der Waals surface area contributed by atoms with Crippen molar-refractivity contribution in [2.24, 2.45) is 0 Å². The third kappa shape index (κ3) is 5.06. The molecule has 8 heteroatoms. The molecule has 0 amide bonds. The monoisotopic (exact) mass is 448 g/mol. The van der Waals surface area contributed by atoms with Crippen molar-refractivity contribution in [3.8, 4) is 11.5 Å². The molecule has 0 unspecified atom stereocenters. The van der Waals surface area contributed by atoms with Gasteiger partial charge in [-0.1, -0.05) is 30.3 Å². The minimum Gasteiger partial charge on any atom is -0.494 e. The molecule has 8 nitrogen and oxygen atoms in total. The van der Waals surface area contributed by atoms with Crippen molar-refractivity contribution in [2.75, 3.05) is 13.2 Å². The number of aromatic nitrogens is 1. The van der Waals surface area contributed by atoms with E-state index in [2.05, 4.69) is 0 Å². The first-order valence-electron chi connectivity index (χ1n) is 10.8. The molecular formula is C25H24N2O6. The Morgan fingerprint density at radius 2 is 1.61 bits per heavy atom. The molecule has 170 valence electrons. The summed E-state index contributed by atoms with van der Waals surface area (Å²) >= 11 is 0. The molecule has 33 heavy (non-hydrogen) atoms. The van der Waals surface area contributed by atoms with Crippen molar-refractivity contribution < 1.29 is 24.3 Å². The van der Waals surface area contributed by atoms with Gasteiger partial charge in [0.25, 0.3) is 0 Å². The summed E-state index contributed by atoms with van der Waals surface area (Å²) in [4.78, 5) is 21.7. The van der Waals surface area contributed by atoms with Crippen LogP contribution in [0.5, 0.6) is 11.5 Å². The zero-order valence-corrected chi connectivity index (χ0v) is 18.0. The zero-order chi connectivity index (χ0) is 23.2. The minimum absolute atomic E-state index is 0.0401. The van der Waals surface area contributed by atoms with Crippen molar-refractivity contribution in [2.45, 2.75) is 25.8 Å². The lowest BCUT2D eigenvalue weighted by Gasteiger charge is -2.09. The smallest absolute Gasteiger partial charge is 0.310 e. The first-order chi connectivity index (χ1) is 16.0. The quantitative estimate of drug-likeness (QED) is 0.187. The number of fused-ring (bicyclic) bond motifs is 3. The number of hydrogen-bond donors (Lipinski definition) is 1. The number of carboxylic acids is 1. The molecule has 1 N–H and O–H groups in total. The molecule has 0 fully saturated rings. The van der Waals surface area contributed by atoms with Crippen LogP contribution in [0.15, 0.2) is 66.7 Å². The van der Waals surface area contributed by atoms with Crippen molar-refractivity contribution >= 4 is 33.5 Å². The minimum atomic E-state index is -0.837. The molecule has 4 aromatic rings. The van der Waals surface area contributed by atoms with Crippen molar-refractivity contribution in [1.29, 1.82) is 0 Å². The molecular weight excluding hydrogens is 424 g/mol. The van der Waals surface area contributed by atoms with E-state index in [9.17, 15) is 14.9 Å². The van der Waals surface area contributed by atoms with Gasteiger partial charge in [0, 0.05) is 35.0 Å². The Morgan fingerprint density at radius 1 is 0.909 bits per heavy atom. The maximum atomic E-state index is 11.1. The van der Waals surface area contributed by atoms with Gasteiger partial charge < -0.3 is 19.1 Å². The molecule has 0 aliphatic heterocycles.